The summed E-state index contributed by atoms with van der Waals surface area (Å²) in [5.74, 6) is 1.92. The van der Waals surface area contributed by atoms with Gasteiger partial charge < -0.3 is 14.4 Å². The molecule has 2 aromatic heterocycles. The summed E-state index contributed by atoms with van der Waals surface area (Å²) in [5, 5.41) is 6.72. The molecule has 0 fully saturated rings. The number of nitrogens with zero attached hydrogens (tertiary/aromatic N) is 4. The Bertz CT molecular complexity index is 617. The van der Waals surface area contributed by atoms with Crippen LogP contribution in [0.15, 0.2) is 21.7 Å². The van der Waals surface area contributed by atoms with Gasteiger partial charge in [-0.05, 0) is 12.8 Å². The number of hydrogen-bond acceptors (Lipinski definition) is 6. The predicted octanol–water partition coefficient (Wildman–Crippen LogP) is 1.25. The van der Waals surface area contributed by atoms with Crippen molar-refractivity contribution in [3.05, 3.63) is 34.5 Å². The van der Waals surface area contributed by atoms with E-state index < -0.39 is 0 Å². The normalized spacial score (nSPS) is 11.0. The molecule has 0 saturated heterocycles. The fraction of sp³-hybridized carbons (Fsp3) is 0.538. The predicted molar refractivity (Wildman–Crippen MR) is 74.6 cm³/mol. The minimum atomic E-state index is -0.108. The summed E-state index contributed by atoms with van der Waals surface area (Å²) < 4.78 is 6.67. The van der Waals surface area contributed by atoms with E-state index in [1.165, 1.54) is 0 Å². The van der Waals surface area contributed by atoms with Gasteiger partial charge in [0.1, 0.15) is 0 Å². The summed E-state index contributed by atoms with van der Waals surface area (Å²) in [6, 6.07) is 0. The third-order valence-corrected chi connectivity index (χ3v) is 2.68. The van der Waals surface area contributed by atoms with Crippen molar-refractivity contribution in [2.45, 2.75) is 33.7 Å². The number of nitrogens with one attached hydrogen (secondary N) is 1. The van der Waals surface area contributed by atoms with Gasteiger partial charge in [0.2, 0.25) is 5.89 Å². The Morgan fingerprint density at radius 1 is 1.45 bits per heavy atom. The minimum absolute atomic E-state index is 0.108. The fourth-order valence-corrected chi connectivity index (χ4v) is 1.84. The van der Waals surface area contributed by atoms with Crippen molar-refractivity contribution in [2.75, 3.05) is 11.9 Å². The van der Waals surface area contributed by atoms with E-state index in [9.17, 15) is 4.79 Å². The number of hydrogen-bond donors (Lipinski definition) is 1. The number of aromatic nitrogens is 4. The Morgan fingerprint density at radius 3 is 2.90 bits per heavy atom. The van der Waals surface area contributed by atoms with Crippen LogP contribution in [-0.2, 0) is 13.0 Å². The van der Waals surface area contributed by atoms with Crippen LogP contribution in [0.4, 0.5) is 5.82 Å². The molecule has 2 rings (SSSR count). The van der Waals surface area contributed by atoms with E-state index in [-0.39, 0.29) is 5.56 Å². The van der Waals surface area contributed by atoms with E-state index in [2.05, 4.69) is 34.3 Å². The lowest BCUT2D eigenvalue weighted by Gasteiger charge is -2.10. The lowest BCUT2D eigenvalue weighted by molar-refractivity contribution is 0.377. The molecule has 7 heteroatoms. The van der Waals surface area contributed by atoms with Gasteiger partial charge in [0.15, 0.2) is 11.6 Å². The second-order valence-electron chi connectivity index (χ2n) is 5.04. The first-order chi connectivity index (χ1) is 9.56. The van der Waals surface area contributed by atoms with E-state index in [1.807, 2.05) is 0 Å². The van der Waals surface area contributed by atoms with E-state index in [0.717, 1.165) is 0 Å². The standard InChI is InChI=1S/C13H19N5O2/c1-9(2)8-18-7-6-15-12(13(18)19)14-5-4-11-16-10(3)17-20-11/h6-7,9H,4-5,8H2,1-3H3,(H,14,15). The van der Waals surface area contributed by atoms with E-state index >= 15 is 0 Å². The highest BCUT2D eigenvalue weighted by molar-refractivity contribution is 5.30. The molecule has 2 aromatic rings. The molecule has 0 aromatic carbocycles. The Balaban J connectivity index is 1.97. The van der Waals surface area contributed by atoms with Crippen LogP contribution < -0.4 is 10.9 Å². The summed E-state index contributed by atoms with van der Waals surface area (Å²) in [5.41, 5.74) is -0.108. The van der Waals surface area contributed by atoms with Gasteiger partial charge in [0.05, 0.1) is 0 Å². The highest BCUT2D eigenvalue weighted by Crippen LogP contribution is 2.00. The second-order valence-corrected chi connectivity index (χ2v) is 5.04. The molecule has 108 valence electrons. The number of anilines is 1. The monoisotopic (exact) mass is 277 g/mol. The maximum Gasteiger partial charge on any atom is 0.293 e. The first kappa shape index (κ1) is 14.2. The van der Waals surface area contributed by atoms with Crippen LogP contribution in [0.3, 0.4) is 0 Å². The summed E-state index contributed by atoms with van der Waals surface area (Å²) in [6.07, 6.45) is 3.89. The van der Waals surface area contributed by atoms with Crippen molar-refractivity contribution in [2.24, 2.45) is 5.92 Å². The maximum absolute atomic E-state index is 12.1. The lowest BCUT2D eigenvalue weighted by Crippen LogP contribution is -2.26. The first-order valence-corrected chi connectivity index (χ1v) is 6.64. The van der Waals surface area contributed by atoms with Crippen LogP contribution in [0.2, 0.25) is 0 Å². The molecule has 0 saturated carbocycles. The molecule has 0 spiro atoms. The molecule has 0 aliphatic carbocycles. The van der Waals surface area contributed by atoms with Crippen LogP contribution in [0.25, 0.3) is 0 Å². The first-order valence-electron chi connectivity index (χ1n) is 6.64. The average molecular weight is 277 g/mol. The van der Waals surface area contributed by atoms with Crippen molar-refractivity contribution >= 4 is 5.82 Å². The molecule has 0 bridgehead atoms. The highest BCUT2D eigenvalue weighted by atomic mass is 16.5. The summed E-state index contributed by atoms with van der Waals surface area (Å²) in [7, 11) is 0. The Labute approximate surface area is 117 Å². The van der Waals surface area contributed by atoms with Gasteiger partial charge in [-0.25, -0.2) is 4.98 Å². The summed E-state index contributed by atoms with van der Waals surface area (Å²) >= 11 is 0. The Hall–Kier alpha value is -2.18. The molecular formula is C13H19N5O2. The third-order valence-electron chi connectivity index (χ3n) is 2.68. The smallest absolute Gasteiger partial charge is 0.293 e. The van der Waals surface area contributed by atoms with Crippen molar-refractivity contribution in [1.82, 2.24) is 19.7 Å². The molecule has 0 unspecified atom stereocenters. The van der Waals surface area contributed by atoms with E-state index in [4.69, 9.17) is 4.52 Å². The number of aryl methyl sites for hydroxylation is 1. The molecular weight excluding hydrogens is 258 g/mol. The van der Waals surface area contributed by atoms with Crippen LogP contribution in [0.1, 0.15) is 25.6 Å². The van der Waals surface area contributed by atoms with Crippen LogP contribution in [0, 0.1) is 12.8 Å². The molecule has 1 N–H and O–H groups in total. The van der Waals surface area contributed by atoms with Gasteiger partial charge in [0, 0.05) is 31.9 Å². The Morgan fingerprint density at radius 2 is 2.25 bits per heavy atom. The summed E-state index contributed by atoms with van der Waals surface area (Å²) in [6.45, 7) is 7.11. The Kier molecular flexibility index (Phi) is 4.49. The highest BCUT2D eigenvalue weighted by Gasteiger charge is 2.07. The SMILES string of the molecule is Cc1noc(CCNc2nccn(CC(C)C)c2=O)n1. The van der Waals surface area contributed by atoms with Gasteiger partial charge in [-0.1, -0.05) is 19.0 Å². The quantitative estimate of drug-likeness (QED) is 0.855. The molecule has 7 nitrogen and oxygen atoms in total. The minimum Gasteiger partial charge on any atom is -0.365 e. The zero-order valence-corrected chi connectivity index (χ0v) is 12.0. The van der Waals surface area contributed by atoms with Gasteiger partial charge in [-0.15, -0.1) is 0 Å². The lowest BCUT2D eigenvalue weighted by atomic mass is 10.2. The van der Waals surface area contributed by atoms with Crippen molar-refractivity contribution < 1.29 is 4.52 Å². The fourth-order valence-electron chi connectivity index (χ4n) is 1.84. The third kappa shape index (κ3) is 3.66. The molecule has 2 heterocycles. The molecule has 0 aliphatic heterocycles. The maximum atomic E-state index is 12.1. The molecule has 0 atom stereocenters. The van der Waals surface area contributed by atoms with Crippen molar-refractivity contribution in [3.8, 4) is 0 Å². The van der Waals surface area contributed by atoms with Crippen LogP contribution in [-0.4, -0.2) is 26.2 Å². The zero-order chi connectivity index (χ0) is 14.5. The van der Waals surface area contributed by atoms with Crippen LogP contribution >= 0.6 is 0 Å². The van der Waals surface area contributed by atoms with E-state index in [0.29, 0.717) is 43.0 Å². The van der Waals surface area contributed by atoms with Gasteiger partial charge in [-0.2, -0.15) is 4.98 Å². The molecule has 0 aliphatic rings. The van der Waals surface area contributed by atoms with Gasteiger partial charge in [0.25, 0.3) is 5.56 Å². The molecule has 20 heavy (non-hydrogen) atoms. The van der Waals surface area contributed by atoms with Crippen molar-refractivity contribution in [1.29, 1.82) is 0 Å². The summed E-state index contributed by atoms with van der Waals surface area (Å²) in [4.78, 5) is 20.3. The van der Waals surface area contributed by atoms with E-state index in [1.54, 1.807) is 23.9 Å². The van der Waals surface area contributed by atoms with Crippen molar-refractivity contribution in [3.63, 3.8) is 0 Å². The topological polar surface area (TPSA) is 85.8 Å². The molecule has 0 amide bonds. The zero-order valence-electron chi connectivity index (χ0n) is 12.0. The average Bonchev–Trinajstić information content (AvgIpc) is 2.79. The second kappa shape index (κ2) is 6.31. The van der Waals surface area contributed by atoms with Gasteiger partial charge >= 0.3 is 0 Å². The van der Waals surface area contributed by atoms with Gasteiger partial charge in [-0.3, -0.25) is 4.79 Å². The number of rotatable bonds is 6. The molecule has 0 radical (unpaired) electrons. The van der Waals surface area contributed by atoms with Crippen LogP contribution in [0.5, 0.6) is 0 Å². The largest absolute Gasteiger partial charge is 0.365 e.